The lowest BCUT2D eigenvalue weighted by Crippen LogP contribution is -2.74. The van der Waals surface area contributed by atoms with E-state index < -0.39 is 64.7 Å². The van der Waals surface area contributed by atoms with Crippen LogP contribution in [-0.2, 0) is 25.5 Å². The summed E-state index contributed by atoms with van der Waals surface area (Å²) in [6.07, 6.45) is -5.89. The summed E-state index contributed by atoms with van der Waals surface area (Å²) in [6.45, 7) is 0.927. The average molecular weight is 573 g/mol. The molecule has 4 aliphatic heterocycles. The SMILES string of the molecule is C[C@@H]1OCCN2c3c(cc4c(N5C[C@H](COC(F)(F)F)SC5=O)noc4c3F)CC3(C(=O)NC(=O)NC3=O)C12. The predicted octanol–water partition coefficient (Wildman–Crippen LogP) is 2.05. The molecule has 208 valence electrons. The molecule has 1 aromatic heterocycles. The Hall–Kier alpha value is -3.44. The Bertz CT molecular complexity index is 1410. The maximum absolute atomic E-state index is 16.1. The number of carbonyl (C=O) groups excluding carboxylic acids is 4. The number of rotatable bonds is 3. The second-order valence-corrected chi connectivity index (χ2v) is 10.8. The van der Waals surface area contributed by atoms with Gasteiger partial charge < -0.3 is 14.2 Å². The van der Waals surface area contributed by atoms with Gasteiger partial charge in [0.1, 0.15) is 0 Å². The van der Waals surface area contributed by atoms with Crippen LogP contribution < -0.4 is 20.4 Å². The van der Waals surface area contributed by atoms with Crippen molar-refractivity contribution in [2.24, 2.45) is 5.41 Å². The smallest absolute Gasteiger partial charge is 0.374 e. The van der Waals surface area contributed by atoms with Gasteiger partial charge in [0, 0.05) is 19.5 Å². The average Bonchev–Trinajstić information content (AvgIpc) is 3.43. The molecule has 5 amide bonds. The normalized spacial score (nSPS) is 26.6. The number of nitrogens with one attached hydrogen (secondary N) is 2. The Labute approximate surface area is 220 Å². The first kappa shape index (κ1) is 25.8. The van der Waals surface area contributed by atoms with Crippen LogP contribution >= 0.6 is 11.8 Å². The van der Waals surface area contributed by atoms with Crippen molar-refractivity contribution in [2.75, 3.05) is 36.1 Å². The highest BCUT2D eigenvalue weighted by Crippen LogP contribution is 2.49. The largest absolute Gasteiger partial charge is 0.522 e. The van der Waals surface area contributed by atoms with Crippen molar-refractivity contribution in [2.45, 2.75) is 37.1 Å². The van der Waals surface area contributed by atoms with Crippen molar-refractivity contribution in [3.8, 4) is 0 Å². The third-order valence-electron chi connectivity index (χ3n) is 7.32. The minimum absolute atomic E-state index is 0.0280. The zero-order valence-corrected chi connectivity index (χ0v) is 20.8. The molecule has 0 radical (unpaired) electrons. The summed E-state index contributed by atoms with van der Waals surface area (Å²) in [7, 11) is 0. The predicted molar refractivity (Wildman–Crippen MR) is 124 cm³/mol. The lowest BCUT2D eigenvalue weighted by atomic mass is 9.66. The first-order valence-corrected chi connectivity index (χ1v) is 12.6. The van der Waals surface area contributed by atoms with Crippen LogP contribution in [-0.4, -0.2) is 78.3 Å². The third kappa shape index (κ3) is 3.93. The van der Waals surface area contributed by atoms with Crippen molar-refractivity contribution >= 4 is 57.3 Å². The van der Waals surface area contributed by atoms with E-state index in [1.165, 1.54) is 6.07 Å². The molecule has 2 N–H and O–H groups in total. The van der Waals surface area contributed by atoms with E-state index >= 15 is 4.39 Å². The van der Waals surface area contributed by atoms with Crippen molar-refractivity contribution < 1.29 is 50.7 Å². The maximum Gasteiger partial charge on any atom is 0.522 e. The summed E-state index contributed by atoms with van der Waals surface area (Å²) in [5.74, 6) is -2.70. The third-order valence-corrected chi connectivity index (χ3v) is 8.36. The highest BCUT2D eigenvalue weighted by Gasteiger charge is 2.63. The molecule has 6 rings (SSSR count). The van der Waals surface area contributed by atoms with Crippen LogP contribution in [0.4, 0.5) is 38.7 Å². The van der Waals surface area contributed by atoms with Gasteiger partial charge in [-0.25, -0.2) is 9.18 Å². The molecular weight excluding hydrogens is 554 g/mol. The molecule has 3 saturated heterocycles. The highest BCUT2D eigenvalue weighted by atomic mass is 32.2. The van der Waals surface area contributed by atoms with Gasteiger partial charge in [-0.2, -0.15) is 0 Å². The van der Waals surface area contributed by atoms with Gasteiger partial charge in [-0.3, -0.25) is 34.7 Å². The highest BCUT2D eigenvalue weighted by molar-refractivity contribution is 8.14. The Balaban J connectivity index is 1.43. The number of halogens is 4. The number of nitrogens with zero attached hydrogens (tertiary/aromatic N) is 3. The van der Waals surface area contributed by atoms with Crippen LogP contribution in [0.5, 0.6) is 0 Å². The monoisotopic (exact) mass is 573 g/mol. The molecule has 4 aliphatic rings. The fourth-order valence-electron chi connectivity index (χ4n) is 5.81. The topological polar surface area (TPSA) is 143 Å². The fourth-order valence-corrected chi connectivity index (χ4v) is 6.75. The standard InChI is InChI=1S/C22H19F4N5O7S/c1-8-15-21(17(32)27-19(34)28-18(21)33)5-9-4-11-14(12(23)13(9)30(15)2-3-36-8)38-29-16(11)31-6-10(39-20(31)35)7-37-22(24,25)26/h4,8,10,15H,2-3,5-7H2,1H3,(H2,27,28,32,33,34)/t8-,10+,15?/m0/s1. The molecule has 2 aromatic rings. The van der Waals surface area contributed by atoms with Crippen LogP contribution in [0.25, 0.3) is 11.0 Å². The van der Waals surface area contributed by atoms with Gasteiger partial charge in [0.25, 0.3) is 5.24 Å². The quantitative estimate of drug-likeness (QED) is 0.414. The minimum Gasteiger partial charge on any atom is -0.374 e. The van der Waals surface area contributed by atoms with E-state index in [-0.39, 0.29) is 54.2 Å². The second-order valence-electron chi connectivity index (χ2n) is 9.55. The van der Waals surface area contributed by atoms with Crippen LogP contribution in [0.3, 0.4) is 0 Å². The summed E-state index contributed by atoms with van der Waals surface area (Å²) >= 11 is 0.614. The first-order valence-electron chi connectivity index (χ1n) is 11.8. The van der Waals surface area contributed by atoms with Crippen molar-refractivity contribution in [3.63, 3.8) is 0 Å². The number of amides is 5. The van der Waals surface area contributed by atoms with E-state index in [0.29, 0.717) is 11.8 Å². The van der Waals surface area contributed by atoms with E-state index in [1.807, 2.05) is 0 Å². The number of fused-ring (bicyclic) bond motifs is 5. The molecule has 12 nitrogen and oxygen atoms in total. The Kier molecular flexibility index (Phi) is 5.82. The number of aromatic nitrogens is 1. The minimum atomic E-state index is -4.87. The van der Waals surface area contributed by atoms with Crippen LogP contribution in [0.15, 0.2) is 10.6 Å². The van der Waals surface area contributed by atoms with Crippen LogP contribution in [0.1, 0.15) is 12.5 Å². The molecule has 5 heterocycles. The molecule has 3 fully saturated rings. The number of thioether (sulfide) groups is 1. The number of hydrogen-bond donors (Lipinski definition) is 2. The van der Waals surface area contributed by atoms with Gasteiger partial charge in [0.05, 0.1) is 41.7 Å². The second kappa shape index (κ2) is 8.79. The summed E-state index contributed by atoms with van der Waals surface area (Å²) in [5, 5.41) is 6.60. The number of hydrogen-bond acceptors (Lipinski definition) is 10. The first-order chi connectivity index (χ1) is 18.4. The summed E-state index contributed by atoms with van der Waals surface area (Å²) < 4.78 is 68.3. The van der Waals surface area contributed by atoms with E-state index in [1.54, 1.807) is 11.8 Å². The van der Waals surface area contributed by atoms with Crippen LogP contribution in [0.2, 0.25) is 0 Å². The fraction of sp³-hybridized carbons (Fsp3) is 0.500. The van der Waals surface area contributed by atoms with E-state index in [4.69, 9.17) is 9.26 Å². The summed E-state index contributed by atoms with van der Waals surface area (Å²) in [5.41, 5.74) is -1.88. The maximum atomic E-state index is 16.1. The van der Waals surface area contributed by atoms with Crippen molar-refractivity contribution in [1.29, 1.82) is 0 Å². The Morgan fingerprint density at radius 2 is 1.95 bits per heavy atom. The number of anilines is 2. The van der Waals surface area contributed by atoms with Gasteiger partial charge >= 0.3 is 12.4 Å². The molecular formula is C22H19F4N5O7S. The number of morpholine rings is 1. The summed E-state index contributed by atoms with van der Waals surface area (Å²) in [4.78, 5) is 53.5. The van der Waals surface area contributed by atoms with E-state index in [0.717, 1.165) is 4.90 Å². The lowest BCUT2D eigenvalue weighted by Gasteiger charge is -2.54. The molecule has 1 aromatic carbocycles. The number of urea groups is 1. The number of barbiturate groups is 1. The number of benzene rings is 1. The van der Waals surface area contributed by atoms with E-state index in [2.05, 4.69) is 20.5 Å². The molecule has 17 heteroatoms. The Morgan fingerprint density at radius 3 is 2.64 bits per heavy atom. The van der Waals surface area contributed by atoms with Crippen LogP contribution in [0, 0.1) is 11.2 Å². The number of alkyl halides is 3. The number of carbonyl (C=O) groups is 4. The molecule has 0 bridgehead atoms. The number of ether oxygens (including phenoxy) is 2. The summed E-state index contributed by atoms with van der Waals surface area (Å²) in [6, 6.07) is -0.506. The van der Waals surface area contributed by atoms with Gasteiger partial charge in [-0.05, 0) is 18.6 Å². The molecule has 3 atom stereocenters. The molecule has 1 spiro atoms. The zero-order valence-electron chi connectivity index (χ0n) is 20.0. The zero-order chi connectivity index (χ0) is 27.9. The lowest BCUT2D eigenvalue weighted by molar-refractivity contribution is -0.323. The molecule has 0 aliphatic carbocycles. The van der Waals surface area contributed by atoms with Gasteiger partial charge in [0.15, 0.2) is 17.1 Å². The van der Waals surface area contributed by atoms with Gasteiger partial charge in [0.2, 0.25) is 17.4 Å². The Morgan fingerprint density at radius 1 is 1.23 bits per heavy atom. The number of imide groups is 2. The van der Waals surface area contributed by atoms with Gasteiger partial charge in [-0.1, -0.05) is 16.9 Å². The van der Waals surface area contributed by atoms with Crippen molar-refractivity contribution in [1.82, 2.24) is 15.8 Å². The molecule has 1 unspecified atom stereocenters. The molecule has 39 heavy (non-hydrogen) atoms. The van der Waals surface area contributed by atoms with E-state index in [9.17, 15) is 32.3 Å². The van der Waals surface area contributed by atoms with Crippen molar-refractivity contribution in [3.05, 3.63) is 17.4 Å². The molecule has 0 saturated carbocycles. The van der Waals surface area contributed by atoms with Gasteiger partial charge in [-0.15, -0.1) is 13.2 Å².